The van der Waals surface area contributed by atoms with Gasteiger partial charge in [-0.3, -0.25) is 4.68 Å². The fourth-order valence-electron chi connectivity index (χ4n) is 2.65. The molecule has 1 aliphatic heterocycles. The van der Waals surface area contributed by atoms with E-state index in [-0.39, 0.29) is 11.9 Å². The van der Waals surface area contributed by atoms with Crippen LogP contribution >= 0.6 is 0 Å². The van der Waals surface area contributed by atoms with E-state index < -0.39 is 0 Å². The van der Waals surface area contributed by atoms with Gasteiger partial charge in [0.1, 0.15) is 0 Å². The average molecular weight is 290 g/mol. The van der Waals surface area contributed by atoms with Crippen molar-refractivity contribution in [1.82, 2.24) is 14.8 Å². The average Bonchev–Trinajstić information content (AvgIpc) is 3.14. The predicted octanol–water partition coefficient (Wildman–Crippen LogP) is 2.63. The summed E-state index contributed by atoms with van der Waals surface area (Å²) in [4.78, 5) is 4.01. The molecule has 0 unspecified atom stereocenters. The van der Waals surface area contributed by atoms with Crippen LogP contribution in [0.3, 0.4) is 0 Å². The zero-order valence-corrected chi connectivity index (χ0v) is 12.0. The molecule has 0 spiro atoms. The third-order valence-electron chi connectivity index (χ3n) is 3.81. The molecule has 2 aromatic heterocycles. The van der Waals surface area contributed by atoms with Gasteiger partial charge in [0.15, 0.2) is 11.6 Å². The highest BCUT2D eigenvalue weighted by molar-refractivity contribution is 5.35. The van der Waals surface area contributed by atoms with E-state index >= 15 is 0 Å². The van der Waals surface area contributed by atoms with E-state index in [4.69, 9.17) is 4.74 Å². The molecule has 2 aromatic rings. The van der Waals surface area contributed by atoms with Crippen molar-refractivity contribution < 1.29 is 9.13 Å². The molecular weight excluding hydrogens is 271 g/mol. The summed E-state index contributed by atoms with van der Waals surface area (Å²) in [5.41, 5.74) is 1.09. The fourth-order valence-corrected chi connectivity index (χ4v) is 2.65. The maximum absolute atomic E-state index is 13.6. The van der Waals surface area contributed by atoms with Gasteiger partial charge in [-0.15, -0.1) is 0 Å². The second-order valence-corrected chi connectivity index (χ2v) is 5.18. The number of rotatable bonds is 5. The Bertz CT molecular complexity index is 601. The molecule has 21 heavy (non-hydrogen) atoms. The van der Waals surface area contributed by atoms with Gasteiger partial charge in [0.25, 0.3) is 0 Å². The van der Waals surface area contributed by atoms with Gasteiger partial charge in [-0.05, 0) is 25.5 Å². The first-order chi connectivity index (χ1) is 10.3. The van der Waals surface area contributed by atoms with Gasteiger partial charge in [0.2, 0.25) is 0 Å². The lowest BCUT2D eigenvalue weighted by Crippen LogP contribution is -2.18. The zero-order chi connectivity index (χ0) is 14.7. The number of hydrogen-bond donors (Lipinski definition) is 1. The minimum Gasteiger partial charge on any atom is -0.373 e. The van der Waals surface area contributed by atoms with E-state index in [1.807, 2.05) is 17.1 Å². The Kier molecular flexibility index (Phi) is 4.15. The van der Waals surface area contributed by atoms with E-state index in [2.05, 4.69) is 22.3 Å². The molecule has 2 atom stereocenters. The molecule has 0 saturated carbocycles. The van der Waals surface area contributed by atoms with E-state index in [1.165, 1.54) is 6.07 Å². The highest BCUT2D eigenvalue weighted by Crippen LogP contribution is 2.34. The van der Waals surface area contributed by atoms with Crippen molar-refractivity contribution in [1.29, 1.82) is 0 Å². The lowest BCUT2D eigenvalue weighted by Gasteiger charge is -2.18. The normalized spacial score (nSPS) is 21.6. The number of pyridine rings is 1. The van der Waals surface area contributed by atoms with Gasteiger partial charge in [0, 0.05) is 43.6 Å². The molecular formula is C15H19FN4O. The van der Waals surface area contributed by atoms with E-state index in [0.717, 1.165) is 25.1 Å². The van der Waals surface area contributed by atoms with Crippen LogP contribution in [0.2, 0.25) is 0 Å². The summed E-state index contributed by atoms with van der Waals surface area (Å²) in [5.74, 6) is 0.264. The Morgan fingerprint density at radius 3 is 3.19 bits per heavy atom. The molecule has 0 radical (unpaired) electrons. The molecule has 0 aliphatic carbocycles. The number of nitrogens with zero attached hydrogens (tertiary/aromatic N) is 3. The third-order valence-corrected chi connectivity index (χ3v) is 3.81. The standard InChI is InChI=1S/C15H19FN4O/c1-2-20-10-12(9-19-20)14-11(5-7-21-14)8-18-15-13(16)4-3-6-17-15/h3-4,6,9-11,14H,2,5,7-8H2,1H3,(H,17,18)/t11-,14+/m0/s1. The molecule has 0 amide bonds. The van der Waals surface area contributed by atoms with Crippen molar-refractivity contribution in [2.24, 2.45) is 5.92 Å². The largest absolute Gasteiger partial charge is 0.373 e. The van der Waals surface area contributed by atoms with Gasteiger partial charge in [-0.2, -0.15) is 5.10 Å². The number of anilines is 1. The Balaban J connectivity index is 1.66. The van der Waals surface area contributed by atoms with E-state index in [9.17, 15) is 4.39 Å². The van der Waals surface area contributed by atoms with Crippen LogP contribution in [0.4, 0.5) is 10.2 Å². The lowest BCUT2D eigenvalue weighted by atomic mass is 9.97. The highest BCUT2D eigenvalue weighted by atomic mass is 19.1. The molecule has 1 saturated heterocycles. The van der Waals surface area contributed by atoms with Gasteiger partial charge in [0.05, 0.1) is 12.3 Å². The highest BCUT2D eigenvalue weighted by Gasteiger charge is 2.30. The molecule has 6 heteroatoms. The zero-order valence-electron chi connectivity index (χ0n) is 12.0. The summed E-state index contributed by atoms with van der Waals surface area (Å²) in [5, 5.41) is 7.37. The van der Waals surface area contributed by atoms with Crippen LogP contribution in [-0.4, -0.2) is 27.9 Å². The first-order valence-electron chi connectivity index (χ1n) is 7.26. The maximum Gasteiger partial charge on any atom is 0.165 e. The Morgan fingerprint density at radius 1 is 1.52 bits per heavy atom. The number of aromatic nitrogens is 3. The number of hydrogen-bond acceptors (Lipinski definition) is 4. The van der Waals surface area contributed by atoms with Crippen LogP contribution in [0.25, 0.3) is 0 Å². The second kappa shape index (κ2) is 6.22. The Labute approximate surface area is 123 Å². The molecule has 112 valence electrons. The monoisotopic (exact) mass is 290 g/mol. The van der Waals surface area contributed by atoms with Crippen LogP contribution in [0.15, 0.2) is 30.7 Å². The smallest absolute Gasteiger partial charge is 0.165 e. The molecule has 1 aliphatic rings. The predicted molar refractivity (Wildman–Crippen MR) is 77.4 cm³/mol. The van der Waals surface area contributed by atoms with Crippen molar-refractivity contribution in [2.75, 3.05) is 18.5 Å². The fraction of sp³-hybridized carbons (Fsp3) is 0.467. The number of nitrogens with one attached hydrogen (secondary N) is 1. The van der Waals surface area contributed by atoms with Gasteiger partial charge in [-0.1, -0.05) is 0 Å². The minimum absolute atomic E-state index is 0.0181. The number of aryl methyl sites for hydroxylation is 1. The molecule has 0 aromatic carbocycles. The molecule has 5 nitrogen and oxygen atoms in total. The SMILES string of the molecule is CCn1cc([C@@H]2OCC[C@H]2CNc2ncccc2F)cn1. The number of halogens is 1. The Morgan fingerprint density at radius 2 is 2.43 bits per heavy atom. The van der Waals surface area contributed by atoms with Crippen molar-refractivity contribution in [3.8, 4) is 0 Å². The minimum atomic E-state index is -0.327. The van der Waals surface area contributed by atoms with Crippen LogP contribution in [0.5, 0.6) is 0 Å². The van der Waals surface area contributed by atoms with E-state index in [0.29, 0.717) is 18.3 Å². The molecule has 1 fully saturated rings. The first-order valence-corrected chi connectivity index (χ1v) is 7.26. The summed E-state index contributed by atoms with van der Waals surface area (Å²) in [7, 11) is 0. The summed E-state index contributed by atoms with van der Waals surface area (Å²) in [6.07, 6.45) is 6.42. The van der Waals surface area contributed by atoms with Crippen LogP contribution in [0, 0.1) is 11.7 Å². The molecule has 3 heterocycles. The van der Waals surface area contributed by atoms with Crippen molar-refractivity contribution in [3.63, 3.8) is 0 Å². The lowest BCUT2D eigenvalue weighted by molar-refractivity contribution is 0.0932. The van der Waals surface area contributed by atoms with Crippen molar-refractivity contribution >= 4 is 5.82 Å². The van der Waals surface area contributed by atoms with Crippen molar-refractivity contribution in [3.05, 3.63) is 42.1 Å². The van der Waals surface area contributed by atoms with Crippen LogP contribution < -0.4 is 5.32 Å². The van der Waals surface area contributed by atoms with Crippen molar-refractivity contribution in [2.45, 2.75) is 26.0 Å². The quantitative estimate of drug-likeness (QED) is 0.919. The summed E-state index contributed by atoms with van der Waals surface area (Å²) in [6, 6.07) is 2.99. The molecule has 1 N–H and O–H groups in total. The molecule has 3 rings (SSSR count). The van der Waals surface area contributed by atoms with Crippen LogP contribution in [-0.2, 0) is 11.3 Å². The topological polar surface area (TPSA) is 52.0 Å². The first kappa shape index (κ1) is 14.0. The molecule has 0 bridgehead atoms. The van der Waals surface area contributed by atoms with Crippen LogP contribution in [0.1, 0.15) is 25.0 Å². The van der Waals surface area contributed by atoms with Gasteiger partial charge >= 0.3 is 0 Å². The second-order valence-electron chi connectivity index (χ2n) is 5.18. The maximum atomic E-state index is 13.6. The summed E-state index contributed by atoms with van der Waals surface area (Å²) in [6.45, 7) is 4.25. The van der Waals surface area contributed by atoms with E-state index in [1.54, 1.807) is 12.3 Å². The Hall–Kier alpha value is -1.95. The van der Waals surface area contributed by atoms with Gasteiger partial charge < -0.3 is 10.1 Å². The third kappa shape index (κ3) is 3.05. The van der Waals surface area contributed by atoms with Gasteiger partial charge in [-0.25, -0.2) is 9.37 Å². The summed E-state index contributed by atoms with van der Waals surface area (Å²) >= 11 is 0. The summed E-state index contributed by atoms with van der Waals surface area (Å²) < 4.78 is 21.3. The number of ether oxygens (including phenoxy) is 1.